The highest BCUT2D eigenvalue weighted by molar-refractivity contribution is 5.90. The van der Waals surface area contributed by atoms with Crippen LogP contribution in [0.5, 0.6) is 0 Å². The number of likely N-dealkylation sites (tertiary alicyclic amines) is 1. The minimum Gasteiger partial charge on any atom is -0.356 e. The van der Waals surface area contributed by atoms with Gasteiger partial charge < -0.3 is 15.1 Å². The average molecular weight is 382 g/mol. The van der Waals surface area contributed by atoms with Crippen molar-refractivity contribution in [3.05, 3.63) is 24.3 Å². The molecule has 2 fully saturated rings. The summed E-state index contributed by atoms with van der Waals surface area (Å²) in [6, 6.07) is 8.91. The van der Waals surface area contributed by atoms with Crippen molar-refractivity contribution in [1.82, 2.24) is 14.9 Å². The van der Waals surface area contributed by atoms with Crippen LogP contribution < -0.4 is 10.2 Å². The number of anilines is 2. The van der Waals surface area contributed by atoms with Crippen LogP contribution in [0.1, 0.15) is 52.4 Å². The van der Waals surface area contributed by atoms with Gasteiger partial charge in [-0.2, -0.15) is 4.98 Å². The van der Waals surface area contributed by atoms with Crippen molar-refractivity contribution in [2.24, 2.45) is 5.92 Å². The molecule has 0 amide bonds. The molecule has 4 rings (SSSR count). The molecular weight excluding hydrogens is 346 g/mol. The predicted octanol–water partition coefficient (Wildman–Crippen LogP) is 4.54. The number of hydrogen-bond acceptors (Lipinski definition) is 5. The molecule has 2 aliphatic heterocycles. The van der Waals surface area contributed by atoms with E-state index in [9.17, 15) is 0 Å². The van der Waals surface area contributed by atoms with Crippen LogP contribution >= 0.6 is 0 Å². The van der Waals surface area contributed by atoms with Crippen LogP contribution in [0, 0.1) is 5.92 Å². The van der Waals surface area contributed by atoms with Crippen LogP contribution in [0.2, 0.25) is 0 Å². The molecule has 1 aromatic heterocycles. The molecule has 1 aromatic carbocycles. The zero-order valence-electron chi connectivity index (χ0n) is 17.5. The van der Waals surface area contributed by atoms with E-state index in [4.69, 9.17) is 9.97 Å². The molecule has 2 aromatic rings. The summed E-state index contributed by atoms with van der Waals surface area (Å²) in [6.45, 7) is 10.3. The van der Waals surface area contributed by atoms with Crippen LogP contribution in [0.3, 0.4) is 0 Å². The third-order valence-corrected chi connectivity index (χ3v) is 5.95. The number of para-hydroxylation sites is 1. The molecule has 0 unspecified atom stereocenters. The van der Waals surface area contributed by atoms with E-state index in [2.05, 4.69) is 53.2 Å². The largest absolute Gasteiger partial charge is 0.356 e. The number of nitrogens with one attached hydrogen (secondary N) is 1. The third-order valence-electron chi connectivity index (χ3n) is 5.95. The Morgan fingerprint density at radius 1 is 1.00 bits per heavy atom. The molecule has 152 valence electrons. The van der Waals surface area contributed by atoms with Crippen molar-refractivity contribution in [3.63, 3.8) is 0 Å². The van der Waals surface area contributed by atoms with Gasteiger partial charge in [-0.15, -0.1) is 0 Å². The standard InChI is InChI=1S/C23H35N5/c1-18(2)16-27-13-9-10-19(17-27)24-23-25-21-12-6-5-11-20(21)22(26-23)28-14-7-3-4-8-15-28/h5-6,11-12,18-19H,3-4,7-10,13-17H2,1-2H3,(H,24,25,26)/t19-/m0/s1. The monoisotopic (exact) mass is 381 g/mol. The zero-order chi connectivity index (χ0) is 19.3. The van der Waals surface area contributed by atoms with E-state index in [1.165, 1.54) is 57.0 Å². The number of nitrogens with zero attached hydrogens (tertiary/aromatic N) is 4. The maximum Gasteiger partial charge on any atom is 0.225 e. The maximum atomic E-state index is 5.03. The molecule has 5 heteroatoms. The van der Waals surface area contributed by atoms with Crippen LogP contribution in [-0.4, -0.2) is 53.6 Å². The predicted molar refractivity (Wildman–Crippen MR) is 118 cm³/mol. The van der Waals surface area contributed by atoms with Crippen LogP contribution in [0.15, 0.2) is 24.3 Å². The summed E-state index contributed by atoms with van der Waals surface area (Å²) in [5, 5.41) is 4.86. The molecular formula is C23H35N5. The van der Waals surface area contributed by atoms with Gasteiger partial charge in [-0.25, -0.2) is 4.98 Å². The lowest BCUT2D eigenvalue weighted by molar-refractivity contribution is 0.195. The SMILES string of the molecule is CC(C)CN1CCC[C@H](Nc2nc(N3CCCCCC3)c3ccccc3n2)C1. The number of rotatable bonds is 5. The molecule has 0 saturated carbocycles. The van der Waals surface area contributed by atoms with Gasteiger partial charge in [0.05, 0.1) is 5.52 Å². The fourth-order valence-corrected chi connectivity index (χ4v) is 4.69. The van der Waals surface area contributed by atoms with Gasteiger partial charge in [-0.05, 0) is 50.3 Å². The molecule has 0 bridgehead atoms. The van der Waals surface area contributed by atoms with E-state index in [-0.39, 0.29) is 0 Å². The quantitative estimate of drug-likeness (QED) is 0.823. The maximum absolute atomic E-state index is 5.03. The number of hydrogen-bond donors (Lipinski definition) is 1. The highest BCUT2D eigenvalue weighted by Crippen LogP contribution is 2.28. The van der Waals surface area contributed by atoms with Crippen LogP contribution in [-0.2, 0) is 0 Å². The van der Waals surface area contributed by atoms with E-state index in [0.717, 1.165) is 36.9 Å². The summed E-state index contributed by atoms with van der Waals surface area (Å²) in [4.78, 5) is 15.0. The molecule has 1 N–H and O–H groups in total. The average Bonchev–Trinajstić information content (AvgIpc) is 2.96. The lowest BCUT2D eigenvalue weighted by Gasteiger charge is -2.34. The van der Waals surface area contributed by atoms with Gasteiger partial charge in [-0.1, -0.05) is 38.8 Å². The van der Waals surface area contributed by atoms with Crippen molar-refractivity contribution in [1.29, 1.82) is 0 Å². The van der Waals surface area contributed by atoms with Gasteiger partial charge in [0, 0.05) is 37.6 Å². The van der Waals surface area contributed by atoms with Gasteiger partial charge >= 0.3 is 0 Å². The Labute approximate surface area is 169 Å². The molecule has 28 heavy (non-hydrogen) atoms. The first kappa shape index (κ1) is 19.4. The second-order valence-corrected chi connectivity index (χ2v) is 8.93. The van der Waals surface area contributed by atoms with E-state index in [1.807, 2.05) is 0 Å². The molecule has 0 radical (unpaired) electrons. The Hall–Kier alpha value is -1.88. The Bertz CT molecular complexity index is 767. The summed E-state index contributed by atoms with van der Waals surface area (Å²) in [5.41, 5.74) is 1.05. The molecule has 2 saturated heterocycles. The zero-order valence-corrected chi connectivity index (χ0v) is 17.5. The van der Waals surface area contributed by atoms with E-state index >= 15 is 0 Å². The van der Waals surface area contributed by atoms with E-state index < -0.39 is 0 Å². The van der Waals surface area contributed by atoms with Gasteiger partial charge in [0.1, 0.15) is 5.82 Å². The normalized spacial score (nSPS) is 21.8. The van der Waals surface area contributed by atoms with E-state index in [0.29, 0.717) is 12.0 Å². The summed E-state index contributed by atoms with van der Waals surface area (Å²) >= 11 is 0. The Kier molecular flexibility index (Phi) is 6.30. The Balaban J connectivity index is 1.57. The molecule has 0 aliphatic carbocycles. The molecule has 1 atom stereocenters. The fourth-order valence-electron chi connectivity index (χ4n) is 4.69. The van der Waals surface area contributed by atoms with Gasteiger partial charge in [0.25, 0.3) is 0 Å². The molecule has 5 nitrogen and oxygen atoms in total. The number of fused-ring (bicyclic) bond motifs is 1. The lowest BCUT2D eigenvalue weighted by atomic mass is 10.0. The van der Waals surface area contributed by atoms with Gasteiger partial charge in [0.2, 0.25) is 5.95 Å². The van der Waals surface area contributed by atoms with Gasteiger partial charge in [0.15, 0.2) is 0 Å². The number of aromatic nitrogens is 2. The van der Waals surface area contributed by atoms with Crippen molar-refractivity contribution < 1.29 is 0 Å². The van der Waals surface area contributed by atoms with Crippen molar-refractivity contribution in [2.75, 3.05) is 42.9 Å². The first-order valence-electron chi connectivity index (χ1n) is 11.2. The van der Waals surface area contributed by atoms with Crippen molar-refractivity contribution in [2.45, 2.75) is 58.4 Å². The van der Waals surface area contributed by atoms with Gasteiger partial charge in [-0.3, -0.25) is 0 Å². The summed E-state index contributed by atoms with van der Waals surface area (Å²) in [7, 11) is 0. The molecule has 0 spiro atoms. The first-order chi connectivity index (χ1) is 13.7. The van der Waals surface area contributed by atoms with Crippen LogP contribution in [0.4, 0.5) is 11.8 Å². The lowest BCUT2D eigenvalue weighted by Crippen LogP contribution is -2.43. The van der Waals surface area contributed by atoms with Crippen molar-refractivity contribution in [3.8, 4) is 0 Å². The highest BCUT2D eigenvalue weighted by Gasteiger charge is 2.22. The summed E-state index contributed by atoms with van der Waals surface area (Å²) in [6.07, 6.45) is 7.62. The minimum atomic E-state index is 0.436. The summed E-state index contributed by atoms with van der Waals surface area (Å²) < 4.78 is 0. The first-order valence-corrected chi connectivity index (χ1v) is 11.2. The number of benzene rings is 1. The fraction of sp³-hybridized carbons (Fsp3) is 0.652. The molecule has 2 aliphatic rings. The van der Waals surface area contributed by atoms with E-state index in [1.54, 1.807) is 0 Å². The second-order valence-electron chi connectivity index (χ2n) is 8.93. The Morgan fingerprint density at radius 3 is 2.57 bits per heavy atom. The molecule has 3 heterocycles. The summed E-state index contributed by atoms with van der Waals surface area (Å²) in [5.74, 6) is 2.63. The smallest absolute Gasteiger partial charge is 0.225 e. The topological polar surface area (TPSA) is 44.3 Å². The third kappa shape index (κ3) is 4.75. The minimum absolute atomic E-state index is 0.436. The Morgan fingerprint density at radius 2 is 1.79 bits per heavy atom. The number of piperidine rings is 1. The highest BCUT2D eigenvalue weighted by atomic mass is 15.2. The second kappa shape index (κ2) is 9.08. The van der Waals surface area contributed by atoms with Crippen molar-refractivity contribution >= 4 is 22.7 Å². The van der Waals surface area contributed by atoms with Crippen LogP contribution in [0.25, 0.3) is 10.9 Å².